The van der Waals surface area contributed by atoms with Crippen LogP contribution in [0.3, 0.4) is 0 Å². The van der Waals surface area contributed by atoms with Gasteiger partial charge in [-0.2, -0.15) is 0 Å². The summed E-state index contributed by atoms with van der Waals surface area (Å²) >= 11 is 0. The molecule has 8 aromatic rings. The van der Waals surface area contributed by atoms with Gasteiger partial charge in [0.25, 0.3) is 0 Å². The van der Waals surface area contributed by atoms with E-state index >= 15 is 0 Å². The second kappa shape index (κ2) is 72.5. The van der Waals surface area contributed by atoms with Gasteiger partial charge in [-0.3, -0.25) is 24.0 Å². The van der Waals surface area contributed by atoms with Crippen LogP contribution in [0, 0.1) is 5.41 Å². The second-order valence-corrected chi connectivity index (χ2v) is 43.4. The van der Waals surface area contributed by atoms with E-state index in [1.54, 1.807) is 7.11 Å². The van der Waals surface area contributed by atoms with Gasteiger partial charge < -0.3 is 36.1 Å². The maximum Gasteiger partial charge on any atom is 2.00 e. The fourth-order valence-electron chi connectivity index (χ4n) is 9.42. The first kappa shape index (κ1) is 124. The Kier molecular flexibility index (Phi) is 74.2. The van der Waals surface area contributed by atoms with Crippen molar-refractivity contribution in [2.24, 2.45) is 5.41 Å². The molecular formula is C106H164BaO12Si2. The fourth-order valence-corrected chi connectivity index (χ4v) is 10.8. The third kappa shape index (κ3) is 71.2. The van der Waals surface area contributed by atoms with Crippen molar-refractivity contribution < 1.29 is 60.0 Å². The van der Waals surface area contributed by atoms with Crippen LogP contribution in [0.2, 0.25) is 35.8 Å². The van der Waals surface area contributed by atoms with E-state index in [2.05, 4.69) is 300 Å². The first-order valence-corrected chi connectivity index (χ1v) is 47.8. The van der Waals surface area contributed by atoms with Gasteiger partial charge in [-0.05, 0) is 150 Å². The predicted molar refractivity (Wildman–Crippen MR) is 528 cm³/mol. The number of allylic oxidation sites excluding steroid dienone is 1. The molecule has 0 bridgehead atoms. The van der Waals surface area contributed by atoms with Crippen LogP contribution >= 0.6 is 0 Å². The average Bonchev–Trinajstić information content (AvgIpc) is 1.58. The zero-order chi connectivity index (χ0) is 93.0. The standard InChI is InChI=1S/C20H18.C16H14O2.C9H10O2.C9H12O.C8H18O2Si.C8H10.C7H18Si.C6H12O2.C5H8O2.C5H12.C5H10.C3H6O.C3H8.C2H6.Ba.2H/c1-20(17-11-5-2-6-12-17,18-13-7-3-8-14-18)19-15-9-4-10-16-19;1-11(17)18-10-16-14-8-4-2-6-12(14)13-7-3-5-9-15(13)16;1-8(10)11-7-9-5-3-2-4-6-9;1-3-8-4-6-9(10-2)7-5-8;1-7(9)10-5-6-11-8(2,3)4;1-2-8-6-4-3-5-7-8;1-7(2,3)8(4,5)6;1-5(7)8-6(2,3)4;1-3-4-7-5(2)6;1-5(2,3)4;1-3-5-4-2;1-3(2)4;1-3-2;1-2;;;/h2-16H,1H3;2-9,16H,10H2,1H3;2-6H,7H2,1H3;4-7H,3H2,1-2H3;5-6,11H2,1-4H3;3-7H,2H2,1H3;1-6H3;1-4H3;3H,1,4H2,2H3;1-4H3;3H,1,4-5H2,2H3;1-2H3;3H2,1-2H3;1-2H3;;;/q;;;;;;;;;;;;;;+2;2*-1. The Balaban J connectivity index is -0.000000200. The number of carbonyl (C=O) groups is 6. The Morgan fingerprint density at radius 2 is 0.752 bits per heavy atom. The molecule has 1 aliphatic carbocycles. The molecule has 0 aliphatic heterocycles. The van der Waals surface area contributed by atoms with Crippen molar-refractivity contribution in [2.45, 2.75) is 285 Å². The number of methoxy groups -OCH3 is 1. The zero-order valence-corrected chi connectivity index (χ0v) is 88.2. The van der Waals surface area contributed by atoms with Gasteiger partial charge in [-0.15, -0.1) is 6.58 Å². The number of ether oxygens (including phenoxy) is 6. The Hall–Kier alpha value is -7.93. The molecule has 0 atom stereocenters. The summed E-state index contributed by atoms with van der Waals surface area (Å²) in [7, 11) is 0.752. The first-order chi connectivity index (χ1) is 56.1. The number of unbranched alkanes of at least 4 members (excludes halogenated alkanes) is 1. The molecule has 1 aliphatic rings. The molecule has 15 heteroatoms. The van der Waals surface area contributed by atoms with Gasteiger partial charge >= 0.3 is 78.7 Å². The molecule has 121 heavy (non-hydrogen) atoms. The third-order valence-corrected chi connectivity index (χ3v) is 23.2. The van der Waals surface area contributed by atoms with Crippen LogP contribution in [0.4, 0.5) is 0 Å². The number of esters is 5. The number of ketones is 1. The minimum Gasteiger partial charge on any atom is -1.00 e. The topological polar surface area (TPSA) is 158 Å². The van der Waals surface area contributed by atoms with Gasteiger partial charge in [-0.25, -0.2) is 0 Å². The summed E-state index contributed by atoms with van der Waals surface area (Å²) in [5, 5.41) is 1.06. The summed E-state index contributed by atoms with van der Waals surface area (Å²) in [6.07, 6.45) is 9.32. The minimum absolute atomic E-state index is 0. The number of hydrogen-bond donors (Lipinski definition) is 0. The third-order valence-electron chi connectivity index (χ3n) is 16.5. The first-order valence-electron chi connectivity index (χ1n) is 42.6. The largest absolute Gasteiger partial charge is 2.00 e. The molecular weight excluding hydrogens is 1660 g/mol. The number of hydrogen-bond acceptors (Lipinski definition) is 12. The molecule has 0 spiro atoms. The quantitative estimate of drug-likeness (QED) is 0.0212. The van der Waals surface area contributed by atoms with Crippen molar-refractivity contribution in [3.05, 3.63) is 294 Å². The summed E-state index contributed by atoms with van der Waals surface area (Å²) in [4.78, 5) is 61.4. The van der Waals surface area contributed by atoms with E-state index in [0.717, 1.165) is 36.6 Å². The molecule has 670 valence electrons. The molecule has 12 nitrogen and oxygen atoms in total. The van der Waals surface area contributed by atoms with Crippen LogP contribution in [-0.4, -0.2) is 135 Å². The second-order valence-electron chi connectivity index (χ2n) is 34.1. The predicted octanol–water partition coefficient (Wildman–Crippen LogP) is 28.1. The molecule has 0 aromatic heterocycles. The monoisotopic (exact) mass is 1820 g/mol. The molecule has 0 radical (unpaired) electrons. The van der Waals surface area contributed by atoms with E-state index in [9.17, 15) is 28.8 Å². The molecule has 0 saturated heterocycles. The van der Waals surface area contributed by atoms with Crippen LogP contribution in [0.25, 0.3) is 11.1 Å². The Morgan fingerprint density at radius 3 is 0.992 bits per heavy atom. The van der Waals surface area contributed by atoms with Crippen molar-refractivity contribution in [3.8, 4) is 16.9 Å². The van der Waals surface area contributed by atoms with Gasteiger partial charge in [0.05, 0.1) is 13.7 Å². The number of carbonyl (C=O) groups excluding carboxylic acids is 6. The summed E-state index contributed by atoms with van der Waals surface area (Å²) in [6.45, 7) is 71.0. The van der Waals surface area contributed by atoms with Crippen molar-refractivity contribution in [1.82, 2.24) is 0 Å². The molecule has 0 fully saturated rings. The van der Waals surface area contributed by atoms with Crippen LogP contribution in [0.5, 0.6) is 5.75 Å². The van der Waals surface area contributed by atoms with Gasteiger partial charge in [0.1, 0.15) is 37.0 Å². The van der Waals surface area contributed by atoms with Crippen molar-refractivity contribution in [3.63, 3.8) is 0 Å². The van der Waals surface area contributed by atoms with E-state index in [1.165, 1.54) is 117 Å². The van der Waals surface area contributed by atoms with Crippen LogP contribution in [0.15, 0.2) is 250 Å². The molecule has 0 unspecified atom stereocenters. The Morgan fingerprint density at radius 1 is 0.438 bits per heavy atom. The van der Waals surface area contributed by atoms with Crippen LogP contribution < -0.4 is 4.74 Å². The van der Waals surface area contributed by atoms with Crippen molar-refractivity contribution >= 4 is 102 Å². The van der Waals surface area contributed by atoms with Gasteiger partial charge in [0, 0.05) is 63.5 Å². The normalized spacial score (nSPS) is 10.4. The van der Waals surface area contributed by atoms with E-state index in [1.807, 2.05) is 113 Å². The SMILES string of the molecule is C=CCCC.C=CCOC(C)=O.CC.CC(=O)OC(C)(C)C.CC(=O)OCC1c2ccccc2-c2ccccc21.CC(=O)OCC[SiH2]C(C)(C)C.CC(=O)OCc1ccccc1.CC(C)(C)C.CC(C)(C)[Si](C)(C)C.CC(C)=O.CC(c1ccccc1)(c1ccccc1)c1ccccc1.CCC.CCc1ccc(OC)cc1.CCc1ccccc1.[Ba+2].[H-].[H-]. The fraction of sp³-hybridized carbons (Fsp3) is 0.453. The summed E-state index contributed by atoms with van der Waals surface area (Å²) in [5.74, 6) is 0.148. The van der Waals surface area contributed by atoms with Gasteiger partial charge in [-0.1, -0.05) is 381 Å². The average molecular weight is 1820 g/mol. The molecule has 0 amide bonds. The maximum atomic E-state index is 11.0. The zero-order valence-electron chi connectivity index (χ0n) is 83.4. The van der Waals surface area contributed by atoms with E-state index in [4.69, 9.17) is 23.7 Å². The van der Waals surface area contributed by atoms with E-state index in [0.29, 0.717) is 41.9 Å². The maximum absolute atomic E-state index is 11.0. The number of aryl methyl sites for hydroxylation is 2. The number of fused-ring (bicyclic) bond motifs is 3. The van der Waals surface area contributed by atoms with Crippen molar-refractivity contribution in [1.29, 1.82) is 0 Å². The van der Waals surface area contributed by atoms with E-state index < -0.39 is 8.07 Å². The smallest absolute Gasteiger partial charge is 1.00 e. The van der Waals surface area contributed by atoms with Gasteiger partial charge in [0.2, 0.25) is 0 Å². The molecule has 8 aromatic carbocycles. The van der Waals surface area contributed by atoms with Crippen LogP contribution in [0.1, 0.15) is 266 Å². The van der Waals surface area contributed by atoms with E-state index in [-0.39, 0.29) is 114 Å². The van der Waals surface area contributed by atoms with Crippen LogP contribution in [-0.2, 0) is 77.3 Å². The number of rotatable bonds is 17. The number of Topliss-reactive ketones (excluding diaryl/α,β-unsaturated/α-hetero) is 1. The van der Waals surface area contributed by atoms with Gasteiger partial charge in [0.15, 0.2) is 0 Å². The summed E-state index contributed by atoms with van der Waals surface area (Å²) in [6, 6.07) is 78.0. The summed E-state index contributed by atoms with van der Waals surface area (Å²) < 4.78 is 29.1. The molecule has 0 saturated carbocycles. The molecule has 0 N–H and O–H groups in total. The number of benzene rings is 8. The molecule has 0 heterocycles. The van der Waals surface area contributed by atoms with Crippen molar-refractivity contribution in [2.75, 3.05) is 26.9 Å². The Labute approximate surface area is 784 Å². The Bertz CT molecular complexity index is 3740. The minimum atomic E-state index is -0.859. The summed E-state index contributed by atoms with van der Waals surface area (Å²) in [5.41, 5.74) is 12.8. The molecule has 9 rings (SSSR count).